The third-order valence-electron chi connectivity index (χ3n) is 2.97. The summed E-state index contributed by atoms with van der Waals surface area (Å²) in [6.45, 7) is 7.00. The molecule has 1 rings (SSSR count). The van der Waals surface area contributed by atoms with Crippen molar-refractivity contribution in [1.82, 2.24) is 5.32 Å². The quantitative estimate of drug-likeness (QED) is 0.864. The number of ether oxygens (including phenoxy) is 1. The zero-order valence-electron chi connectivity index (χ0n) is 12.5. The number of allylic oxidation sites excluding steroid dienone is 3. The average molecular weight is 301 g/mol. The minimum atomic E-state index is -3.33. The van der Waals surface area contributed by atoms with Crippen LogP contribution in [0.1, 0.15) is 34.1 Å². The van der Waals surface area contributed by atoms with Gasteiger partial charge in [-0.05, 0) is 34.1 Å². The van der Waals surface area contributed by atoms with E-state index in [0.717, 1.165) is 0 Å². The third-order valence-corrected chi connectivity index (χ3v) is 5.43. The van der Waals surface area contributed by atoms with Crippen molar-refractivity contribution in [3.05, 3.63) is 24.3 Å². The Labute approximate surface area is 121 Å². The lowest BCUT2D eigenvalue weighted by molar-refractivity contribution is 0.0531. The van der Waals surface area contributed by atoms with Crippen LogP contribution in [0.25, 0.3) is 0 Å². The number of carbonyl (C=O) groups excluding carboxylic acids is 1. The molecular formula is C14H23NO4S. The Hall–Kier alpha value is -1.30. The number of sulfone groups is 1. The Morgan fingerprint density at radius 1 is 1.35 bits per heavy atom. The lowest BCUT2D eigenvalue weighted by Crippen LogP contribution is -2.40. The molecular weight excluding hydrogens is 278 g/mol. The molecule has 0 aliphatic heterocycles. The lowest BCUT2D eigenvalue weighted by Gasteiger charge is -2.26. The van der Waals surface area contributed by atoms with Gasteiger partial charge in [0.2, 0.25) is 0 Å². The highest BCUT2D eigenvalue weighted by molar-refractivity contribution is 7.93. The van der Waals surface area contributed by atoms with Gasteiger partial charge in [-0.2, -0.15) is 0 Å². The molecule has 0 saturated carbocycles. The Morgan fingerprint density at radius 3 is 2.50 bits per heavy atom. The second-order valence-corrected chi connectivity index (χ2v) is 8.62. The van der Waals surface area contributed by atoms with Crippen molar-refractivity contribution in [2.45, 2.75) is 44.5 Å². The summed E-state index contributed by atoms with van der Waals surface area (Å²) in [4.78, 5) is 11.4. The van der Waals surface area contributed by atoms with Crippen LogP contribution >= 0.6 is 0 Å². The molecule has 1 unspecified atom stereocenters. The van der Waals surface area contributed by atoms with E-state index in [1.165, 1.54) is 0 Å². The van der Waals surface area contributed by atoms with E-state index in [1.807, 2.05) is 12.2 Å². The molecule has 0 heterocycles. The predicted octanol–water partition coefficient (Wildman–Crippen LogP) is 2.20. The molecule has 1 amide bonds. The van der Waals surface area contributed by atoms with Crippen molar-refractivity contribution in [1.29, 1.82) is 0 Å². The molecule has 0 radical (unpaired) electrons. The van der Waals surface area contributed by atoms with Gasteiger partial charge in [-0.15, -0.1) is 0 Å². The van der Waals surface area contributed by atoms with Gasteiger partial charge in [-0.25, -0.2) is 13.2 Å². The second kappa shape index (κ2) is 5.99. The van der Waals surface area contributed by atoms with Crippen LogP contribution in [0.4, 0.5) is 4.79 Å². The fraction of sp³-hybridized carbons (Fsp3) is 0.643. The average Bonchev–Trinajstić information content (AvgIpc) is 2.27. The summed E-state index contributed by atoms with van der Waals surface area (Å²) < 4.78 is 28.8. The van der Waals surface area contributed by atoms with Crippen molar-refractivity contribution in [2.75, 3.05) is 12.3 Å². The minimum Gasteiger partial charge on any atom is -0.444 e. The molecule has 0 bridgehead atoms. The molecule has 6 heteroatoms. The van der Waals surface area contributed by atoms with Crippen molar-refractivity contribution >= 4 is 15.9 Å². The molecule has 0 aromatic rings. The van der Waals surface area contributed by atoms with E-state index in [0.29, 0.717) is 6.42 Å². The summed E-state index contributed by atoms with van der Waals surface area (Å²) in [6, 6.07) is 0. The van der Waals surface area contributed by atoms with Gasteiger partial charge in [0.1, 0.15) is 5.60 Å². The fourth-order valence-corrected chi connectivity index (χ4v) is 3.25. The zero-order valence-corrected chi connectivity index (χ0v) is 13.3. The monoisotopic (exact) mass is 301 g/mol. The van der Waals surface area contributed by atoms with Gasteiger partial charge in [0.05, 0.1) is 10.5 Å². The van der Waals surface area contributed by atoms with Crippen LogP contribution in [0, 0.1) is 0 Å². The van der Waals surface area contributed by atoms with Crippen LogP contribution < -0.4 is 5.32 Å². The number of amides is 1. The van der Waals surface area contributed by atoms with E-state index in [1.54, 1.807) is 39.8 Å². The first-order valence-electron chi connectivity index (χ1n) is 6.59. The van der Waals surface area contributed by atoms with Gasteiger partial charge in [-0.3, -0.25) is 0 Å². The molecule has 0 spiro atoms. The zero-order chi connectivity index (χ0) is 15.4. The van der Waals surface area contributed by atoms with Crippen LogP contribution in [0.2, 0.25) is 0 Å². The maximum atomic E-state index is 12.3. The van der Waals surface area contributed by atoms with E-state index in [2.05, 4.69) is 5.32 Å². The van der Waals surface area contributed by atoms with E-state index >= 15 is 0 Å². The Balaban J connectivity index is 2.51. The first-order valence-corrected chi connectivity index (χ1v) is 8.24. The largest absolute Gasteiger partial charge is 0.444 e. The molecule has 1 aliphatic rings. The summed E-state index contributed by atoms with van der Waals surface area (Å²) in [5.74, 6) is -0.110. The number of alkyl carbamates (subject to hydrolysis) is 1. The van der Waals surface area contributed by atoms with Gasteiger partial charge < -0.3 is 10.1 Å². The van der Waals surface area contributed by atoms with Crippen LogP contribution in [0.5, 0.6) is 0 Å². The van der Waals surface area contributed by atoms with Crippen LogP contribution in [-0.2, 0) is 14.6 Å². The van der Waals surface area contributed by atoms with E-state index in [9.17, 15) is 13.2 Å². The second-order valence-electron chi connectivity index (χ2n) is 6.05. The standard InChI is InChI=1S/C14H23NO4S/c1-13(2,3)19-12(16)15-10-11-20(17,18)14(4)8-6-5-7-9-14/h5-8H,9-11H2,1-4H3,(H,15,16). The number of hydrogen-bond donors (Lipinski definition) is 1. The number of rotatable bonds is 4. The minimum absolute atomic E-state index is 0.0460. The van der Waals surface area contributed by atoms with E-state index in [-0.39, 0.29) is 12.3 Å². The number of carbonyl (C=O) groups is 1. The first kappa shape index (κ1) is 16.8. The third kappa shape index (κ3) is 4.67. The summed E-state index contributed by atoms with van der Waals surface area (Å²) >= 11 is 0. The van der Waals surface area contributed by atoms with Gasteiger partial charge >= 0.3 is 6.09 Å². The summed E-state index contributed by atoms with van der Waals surface area (Å²) in [7, 11) is -3.33. The van der Waals surface area contributed by atoms with Crippen molar-refractivity contribution in [2.24, 2.45) is 0 Å². The molecule has 114 valence electrons. The van der Waals surface area contributed by atoms with Gasteiger partial charge in [-0.1, -0.05) is 24.3 Å². The highest BCUT2D eigenvalue weighted by Crippen LogP contribution is 2.27. The molecule has 1 aliphatic carbocycles. The summed E-state index contributed by atoms with van der Waals surface area (Å²) in [5, 5.41) is 2.47. The van der Waals surface area contributed by atoms with Gasteiger partial charge in [0.25, 0.3) is 0 Å². The first-order chi connectivity index (χ1) is 9.06. The Morgan fingerprint density at radius 2 is 2.00 bits per heavy atom. The van der Waals surface area contributed by atoms with Gasteiger partial charge in [0, 0.05) is 6.54 Å². The maximum Gasteiger partial charge on any atom is 0.407 e. The highest BCUT2D eigenvalue weighted by Gasteiger charge is 2.36. The molecule has 20 heavy (non-hydrogen) atoms. The molecule has 1 atom stereocenters. The molecule has 5 nitrogen and oxygen atoms in total. The highest BCUT2D eigenvalue weighted by atomic mass is 32.2. The van der Waals surface area contributed by atoms with Crippen molar-refractivity contribution in [3.63, 3.8) is 0 Å². The molecule has 0 aromatic heterocycles. The molecule has 0 fully saturated rings. The van der Waals surface area contributed by atoms with E-state index < -0.39 is 26.3 Å². The normalized spacial score (nSPS) is 22.6. The number of nitrogens with one attached hydrogen (secondary N) is 1. The Bertz CT molecular complexity index is 514. The van der Waals surface area contributed by atoms with Crippen LogP contribution in [-0.4, -0.2) is 37.2 Å². The molecule has 0 aromatic carbocycles. The molecule has 0 saturated heterocycles. The smallest absolute Gasteiger partial charge is 0.407 e. The van der Waals surface area contributed by atoms with Crippen LogP contribution in [0.3, 0.4) is 0 Å². The SMILES string of the molecule is CC(C)(C)OC(=O)NCCS(=O)(=O)C1(C)C=CC=CC1. The van der Waals surface area contributed by atoms with Crippen LogP contribution in [0.15, 0.2) is 24.3 Å². The predicted molar refractivity (Wildman–Crippen MR) is 79.3 cm³/mol. The Kier molecular flexibility index (Phi) is 5.02. The maximum absolute atomic E-state index is 12.3. The van der Waals surface area contributed by atoms with Gasteiger partial charge in [0.15, 0.2) is 9.84 Å². The van der Waals surface area contributed by atoms with Crippen molar-refractivity contribution < 1.29 is 17.9 Å². The van der Waals surface area contributed by atoms with Crippen molar-refractivity contribution in [3.8, 4) is 0 Å². The fourth-order valence-electron chi connectivity index (χ4n) is 1.77. The molecule has 1 N–H and O–H groups in total. The summed E-state index contributed by atoms with van der Waals surface area (Å²) in [6.07, 6.45) is 6.95. The topological polar surface area (TPSA) is 72.5 Å². The summed E-state index contributed by atoms with van der Waals surface area (Å²) in [5.41, 5.74) is -0.591. The van der Waals surface area contributed by atoms with E-state index in [4.69, 9.17) is 4.74 Å². The lowest BCUT2D eigenvalue weighted by atomic mass is 10.0. The number of hydrogen-bond acceptors (Lipinski definition) is 4.